The van der Waals surface area contributed by atoms with E-state index in [1.165, 1.54) is 6.33 Å². The first-order valence-electron chi connectivity index (χ1n) is 6.58. The molecule has 1 fully saturated rings. The molecule has 7 nitrogen and oxygen atoms in total. The van der Waals surface area contributed by atoms with E-state index >= 15 is 0 Å². The van der Waals surface area contributed by atoms with Crippen molar-refractivity contribution in [1.82, 2.24) is 25.1 Å². The van der Waals surface area contributed by atoms with Gasteiger partial charge in [-0.05, 0) is 27.0 Å². The number of aryl methyl sites for hydroxylation is 1. The highest BCUT2D eigenvalue weighted by Gasteiger charge is 2.28. The largest absolute Gasteiger partial charge is 0.416 e. The number of hydrogen-bond donors (Lipinski definition) is 0. The van der Waals surface area contributed by atoms with Gasteiger partial charge in [0, 0.05) is 18.8 Å². The molecule has 3 heterocycles. The Labute approximate surface area is 117 Å². The first-order valence-corrected chi connectivity index (χ1v) is 6.58. The number of rotatable bonds is 2. The molecule has 0 radical (unpaired) electrons. The van der Waals surface area contributed by atoms with E-state index in [4.69, 9.17) is 9.15 Å². The maximum Gasteiger partial charge on any atom is 0.266 e. The van der Waals surface area contributed by atoms with Crippen LogP contribution in [0.2, 0.25) is 0 Å². The minimum Gasteiger partial charge on any atom is -0.416 e. The Balaban J connectivity index is 1.83. The van der Waals surface area contributed by atoms with Crippen LogP contribution in [0.25, 0.3) is 11.6 Å². The quantitative estimate of drug-likeness (QED) is 0.815. The zero-order valence-electron chi connectivity index (χ0n) is 11.8. The predicted octanol–water partition coefficient (Wildman–Crippen LogP) is 1.23. The van der Waals surface area contributed by atoms with Crippen LogP contribution in [0.5, 0.6) is 0 Å². The fourth-order valence-electron chi connectivity index (χ4n) is 2.34. The molecule has 2 aromatic heterocycles. The Hall–Kier alpha value is -1.86. The van der Waals surface area contributed by atoms with Crippen LogP contribution < -0.4 is 0 Å². The monoisotopic (exact) mass is 275 g/mol. The lowest BCUT2D eigenvalue weighted by atomic mass is 10.2. The van der Waals surface area contributed by atoms with Crippen molar-refractivity contribution in [2.24, 2.45) is 0 Å². The van der Waals surface area contributed by atoms with E-state index in [1.54, 1.807) is 0 Å². The number of morpholine rings is 1. The third kappa shape index (κ3) is 2.68. The Kier molecular flexibility index (Phi) is 3.45. The minimum absolute atomic E-state index is 0.149. The van der Waals surface area contributed by atoms with Gasteiger partial charge in [-0.1, -0.05) is 0 Å². The van der Waals surface area contributed by atoms with Crippen LogP contribution in [-0.2, 0) is 4.74 Å². The maximum atomic E-state index is 5.84. The molecular formula is C13H17N5O2. The van der Waals surface area contributed by atoms with E-state index in [1.807, 2.05) is 19.9 Å². The van der Waals surface area contributed by atoms with Crippen LogP contribution in [0.3, 0.4) is 0 Å². The van der Waals surface area contributed by atoms with Gasteiger partial charge in [-0.25, -0.2) is 9.97 Å². The number of ether oxygens (including phenoxy) is 1. The molecule has 0 N–H and O–H groups in total. The molecule has 20 heavy (non-hydrogen) atoms. The highest BCUT2D eigenvalue weighted by atomic mass is 16.5. The lowest BCUT2D eigenvalue weighted by molar-refractivity contribution is -0.0821. The lowest BCUT2D eigenvalue weighted by Gasteiger charge is -2.32. The second-order valence-corrected chi connectivity index (χ2v) is 5.15. The molecule has 0 aromatic carbocycles. The molecular weight excluding hydrogens is 258 g/mol. The molecule has 3 rings (SSSR count). The average molecular weight is 275 g/mol. The standard InChI is InChI=1S/C13H17N5O2/c1-8-4-10(15-7-14-8)12-16-17-13(20-12)11-6-18(3)5-9(2)19-11/h4,7,9,11H,5-6H2,1-3H3/t9-,11-/m1/s1. The molecule has 0 unspecified atom stereocenters. The smallest absolute Gasteiger partial charge is 0.266 e. The fraction of sp³-hybridized carbons (Fsp3) is 0.538. The van der Waals surface area contributed by atoms with Crippen LogP contribution in [0.4, 0.5) is 0 Å². The predicted molar refractivity (Wildman–Crippen MR) is 70.8 cm³/mol. The van der Waals surface area contributed by atoms with E-state index in [2.05, 4.69) is 32.1 Å². The van der Waals surface area contributed by atoms with Crippen molar-refractivity contribution in [2.75, 3.05) is 20.1 Å². The fourth-order valence-corrected chi connectivity index (χ4v) is 2.34. The van der Waals surface area contributed by atoms with Gasteiger partial charge in [0.15, 0.2) is 0 Å². The van der Waals surface area contributed by atoms with Gasteiger partial charge >= 0.3 is 0 Å². The summed E-state index contributed by atoms with van der Waals surface area (Å²) in [5.74, 6) is 0.893. The molecule has 0 aliphatic carbocycles. The molecule has 1 saturated heterocycles. The molecule has 1 aliphatic heterocycles. The summed E-state index contributed by atoms with van der Waals surface area (Å²) in [4.78, 5) is 10.4. The molecule has 2 aromatic rings. The molecule has 7 heteroatoms. The van der Waals surface area contributed by atoms with Crippen molar-refractivity contribution >= 4 is 0 Å². The SMILES string of the molecule is Cc1cc(-c2nnc([C@H]3CN(C)C[C@@H](C)O3)o2)ncn1. The van der Waals surface area contributed by atoms with Gasteiger partial charge in [0.2, 0.25) is 5.89 Å². The Morgan fingerprint density at radius 3 is 2.85 bits per heavy atom. The molecule has 1 aliphatic rings. The summed E-state index contributed by atoms with van der Waals surface area (Å²) in [6.45, 7) is 5.58. The third-order valence-corrected chi connectivity index (χ3v) is 3.18. The van der Waals surface area contributed by atoms with E-state index in [0.717, 1.165) is 18.8 Å². The summed E-state index contributed by atoms with van der Waals surface area (Å²) >= 11 is 0. The van der Waals surface area contributed by atoms with Gasteiger partial charge in [0.1, 0.15) is 18.1 Å². The molecule has 2 atom stereocenters. The van der Waals surface area contributed by atoms with Crippen molar-refractivity contribution < 1.29 is 9.15 Å². The Bertz CT molecular complexity index is 590. The van der Waals surface area contributed by atoms with Crippen molar-refractivity contribution in [1.29, 1.82) is 0 Å². The van der Waals surface area contributed by atoms with Gasteiger partial charge in [0.05, 0.1) is 6.10 Å². The van der Waals surface area contributed by atoms with E-state index in [9.17, 15) is 0 Å². The summed E-state index contributed by atoms with van der Waals surface area (Å²) in [5, 5.41) is 8.13. The van der Waals surface area contributed by atoms with E-state index in [0.29, 0.717) is 17.5 Å². The molecule has 0 saturated carbocycles. The number of aromatic nitrogens is 4. The number of likely N-dealkylation sites (N-methyl/N-ethyl adjacent to an activating group) is 1. The topological polar surface area (TPSA) is 77.2 Å². The molecule has 106 valence electrons. The van der Waals surface area contributed by atoms with Crippen molar-refractivity contribution in [2.45, 2.75) is 26.1 Å². The summed E-state index contributed by atoms with van der Waals surface area (Å²) in [6, 6.07) is 1.81. The van der Waals surface area contributed by atoms with E-state index < -0.39 is 0 Å². The lowest BCUT2D eigenvalue weighted by Crippen LogP contribution is -2.40. The van der Waals surface area contributed by atoms with Crippen LogP contribution in [0, 0.1) is 6.92 Å². The second-order valence-electron chi connectivity index (χ2n) is 5.15. The number of nitrogens with zero attached hydrogens (tertiary/aromatic N) is 5. The molecule has 0 spiro atoms. The van der Waals surface area contributed by atoms with Crippen molar-refractivity contribution in [3.8, 4) is 11.6 Å². The highest BCUT2D eigenvalue weighted by Crippen LogP contribution is 2.25. The highest BCUT2D eigenvalue weighted by molar-refractivity contribution is 5.45. The summed E-state index contributed by atoms with van der Waals surface area (Å²) < 4.78 is 11.5. The second kappa shape index (κ2) is 5.26. The summed E-state index contributed by atoms with van der Waals surface area (Å²) in [7, 11) is 2.05. The van der Waals surface area contributed by atoms with Gasteiger partial charge in [-0.3, -0.25) is 0 Å². The molecule has 0 amide bonds. The number of hydrogen-bond acceptors (Lipinski definition) is 7. The van der Waals surface area contributed by atoms with Crippen LogP contribution in [-0.4, -0.2) is 51.3 Å². The van der Waals surface area contributed by atoms with Crippen molar-refractivity contribution in [3.63, 3.8) is 0 Å². The van der Waals surface area contributed by atoms with Gasteiger partial charge in [0.25, 0.3) is 5.89 Å². The first-order chi connectivity index (χ1) is 9.61. The van der Waals surface area contributed by atoms with E-state index in [-0.39, 0.29) is 12.2 Å². The van der Waals surface area contributed by atoms with Gasteiger partial charge in [-0.2, -0.15) is 0 Å². The zero-order chi connectivity index (χ0) is 14.1. The minimum atomic E-state index is -0.187. The zero-order valence-corrected chi connectivity index (χ0v) is 11.8. The van der Waals surface area contributed by atoms with Crippen LogP contribution in [0.1, 0.15) is 24.6 Å². The van der Waals surface area contributed by atoms with Gasteiger partial charge < -0.3 is 14.1 Å². The molecule has 0 bridgehead atoms. The Morgan fingerprint density at radius 2 is 2.10 bits per heavy atom. The third-order valence-electron chi connectivity index (χ3n) is 3.18. The first kappa shape index (κ1) is 13.1. The summed E-state index contributed by atoms with van der Waals surface area (Å²) in [6.07, 6.45) is 1.45. The van der Waals surface area contributed by atoms with Gasteiger partial charge in [-0.15, -0.1) is 10.2 Å². The normalized spacial score (nSPS) is 23.9. The maximum absolute atomic E-state index is 5.84. The van der Waals surface area contributed by atoms with Crippen LogP contribution >= 0.6 is 0 Å². The summed E-state index contributed by atoms with van der Waals surface area (Å²) in [5.41, 5.74) is 1.49. The Morgan fingerprint density at radius 1 is 1.25 bits per heavy atom. The average Bonchev–Trinajstić information content (AvgIpc) is 2.87. The van der Waals surface area contributed by atoms with Crippen molar-refractivity contribution in [3.05, 3.63) is 24.0 Å². The van der Waals surface area contributed by atoms with Crippen LogP contribution in [0.15, 0.2) is 16.8 Å².